The van der Waals surface area contributed by atoms with Gasteiger partial charge >= 0.3 is 6.18 Å². The molecule has 0 atom stereocenters. The van der Waals surface area contributed by atoms with Crippen LogP contribution in [0.4, 0.5) is 30.5 Å². The number of nitrogens with one attached hydrogen (secondary N) is 1. The van der Waals surface area contributed by atoms with Gasteiger partial charge in [0.05, 0.1) is 5.56 Å². The van der Waals surface area contributed by atoms with Crippen LogP contribution in [0.3, 0.4) is 0 Å². The van der Waals surface area contributed by atoms with Gasteiger partial charge in [0.1, 0.15) is 17.8 Å². The molecule has 0 aliphatic carbocycles. The van der Waals surface area contributed by atoms with E-state index in [2.05, 4.69) is 20.3 Å². The summed E-state index contributed by atoms with van der Waals surface area (Å²) in [6.45, 7) is 4.00. The Morgan fingerprint density at radius 1 is 0.935 bits per heavy atom. The Labute approximate surface area is 176 Å². The average Bonchev–Trinajstić information content (AvgIpc) is 2.76. The van der Waals surface area contributed by atoms with Crippen LogP contribution >= 0.6 is 0 Å². The van der Waals surface area contributed by atoms with Gasteiger partial charge in [-0.3, -0.25) is 0 Å². The maximum absolute atomic E-state index is 12.7. The van der Waals surface area contributed by atoms with Crippen molar-refractivity contribution in [3.8, 4) is 17.0 Å². The topological polar surface area (TPSA) is 97.0 Å². The molecule has 0 unspecified atom stereocenters. The van der Waals surface area contributed by atoms with E-state index in [0.717, 1.165) is 22.9 Å². The summed E-state index contributed by atoms with van der Waals surface area (Å²) < 4.78 is 38.2. The predicted molar refractivity (Wildman–Crippen MR) is 115 cm³/mol. The number of aromatic nitrogens is 3. The summed E-state index contributed by atoms with van der Waals surface area (Å²) in [5.41, 5.74) is 6.15. The van der Waals surface area contributed by atoms with Gasteiger partial charge in [-0.1, -0.05) is 26.0 Å². The molecule has 0 aliphatic rings. The third kappa shape index (κ3) is 4.66. The predicted octanol–water partition coefficient (Wildman–Crippen LogP) is 5.77. The normalized spacial score (nSPS) is 11.0. The second-order valence-corrected chi connectivity index (χ2v) is 6.25. The lowest BCUT2D eigenvalue weighted by Crippen LogP contribution is -2.04. The highest BCUT2D eigenvalue weighted by molar-refractivity contribution is 5.93. The Kier molecular flexibility index (Phi) is 6.24. The molecule has 0 saturated carbocycles. The Balaban J connectivity index is 0.00000132. The maximum atomic E-state index is 12.7. The van der Waals surface area contributed by atoms with Crippen LogP contribution in [-0.4, -0.2) is 20.1 Å². The van der Waals surface area contributed by atoms with E-state index < -0.39 is 11.7 Å². The smallest absolute Gasteiger partial charge is 0.416 e. The quantitative estimate of drug-likeness (QED) is 0.384. The zero-order chi connectivity index (χ0) is 22.6. The first-order valence-corrected chi connectivity index (χ1v) is 9.46. The Hall–Kier alpha value is -3.88. The van der Waals surface area contributed by atoms with Gasteiger partial charge in [-0.15, -0.1) is 0 Å². The van der Waals surface area contributed by atoms with E-state index in [1.165, 1.54) is 18.5 Å². The molecule has 0 saturated heterocycles. The highest BCUT2D eigenvalue weighted by atomic mass is 19.4. The number of nitrogen functional groups attached to an aromatic ring is 1. The molecule has 9 heteroatoms. The standard InChI is InChI=1S/C20H14F3N5O.C2H6/c21-20(22,23)13-3-1-11(2-4-13)16-17(29)19(27-10-26-16)28-14-5-6-15-12(9-14)7-8-25-18(15)24;1-2/h1-10,29H,(H2,24,25)(H,26,27,28);1-2H3. The van der Waals surface area contributed by atoms with Crippen molar-refractivity contribution in [1.82, 2.24) is 15.0 Å². The lowest BCUT2D eigenvalue weighted by molar-refractivity contribution is -0.137. The van der Waals surface area contributed by atoms with Gasteiger partial charge in [0.2, 0.25) is 0 Å². The van der Waals surface area contributed by atoms with Crippen molar-refractivity contribution in [2.45, 2.75) is 20.0 Å². The van der Waals surface area contributed by atoms with Gasteiger partial charge in [-0.2, -0.15) is 13.2 Å². The fraction of sp³-hybridized carbons (Fsp3) is 0.136. The number of hydrogen-bond donors (Lipinski definition) is 3. The minimum absolute atomic E-state index is 0.116. The summed E-state index contributed by atoms with van der Waals surface area (Å²) in [6, 6.07) is 11.5. The highest BCUT2D eigenvalue weighted by Crippen LogP contribution is 2.36. The number of fused-ring (bicyclic) bond motifs is 1. The molecule has 31 heavy (non-hydrogen) atoms. The largest absolute Gasteiger partial charge is 0.503 e. The van der Waals surface area contributed by atoms with Crippen LogP contribution < -0.4 is 11.1 Å². The minimum Gasteiger partial charge on any atom is -0.503 e. The first-order chi connectivity index (χ1) is 14.8. The fourth-order valence-electron chi connectivity index (χ4n) is 2.91. The third-order valence-corrected chi connectivity index (χ3v) is 4.37. The van der Waals surface area contributed by atoms with E-state index in [4.69, 9.17) is 5.73 Å². The highest BCUT2D eigenvalue weighted by Gasteiger charge is 2.30. The van der Waals surface area contributed by atoms with Gasteiger partial charge in [0.25, 0.3) is 0 Å². The average molecular weight is 427 g/mol. The number of aromatic hydroxyl groups is 1. The van der Waals surface area contributed by atoms with Gasteiger partial charge < -0.3 is 16.2 Å². The summed E-state index contributed by atoms with van der Waals surface area (Å²) in [7, 11) is 0. The molecule has 2 aromatic carbocycles. The van der Waals surface area contributed by atoms with Crippen molar-refractivity contribution < 1.29 is 18.3 Å². The molecule has 0 bridgehead atoms. The van der Waals surface area contributed by atoms with Crippen molar-refractivity contribution in [1.29, 1.82) is 0 Å². The third-order valence-electron chi connectivity index (χ3n) is 4.37. The molecule has 2 heterocycles. The van der Waals surface area contributed by atoms with Crippen molar-refractivity contribution in [2.75, 3.05) is 11.1 Å². The number of halogens is 3. The van der Waals surface area contributed by atoms with Crippen LogP contribution in [-0.2, 0) is 6.18 Å². The Morgan fingerprint density at radius 2 is 1.65 bits per heavy atom. The summed E-state index contributed by atoms with van der Waals surface area (Å²) in [5, 5.41) is 15.2. The minimum atomic E-state index is -4.44. The van der Waals surface area contributed by atoms with Crippen molar-refractivity contribution in [3.05, 3.63) is 66.6 Å². The number of anilines is 3. The van der Waals surface area contributed by atoms with E-state index in [9.17, 15) is 18.3 Å². The Bertz CT molecular complexity index is 1190. The number of benzene rings is 2. The summed E-state index contributed by atoms with van der Waals surface area (Å²) in [4.78, 5) is 12.0. The van der Waals surface area contributed by atoms with E-state index in [-0.39, 0.29) is 17.3 Å². The molecule has 4 aromatic rings. The van der Waals surface area contributed by atoms with Crippen molar-refractivity contribution in [3.63, 3.8) is 0 Å². The molecule has 0 fully saturated rings. The molecule has 0 amide bonds. The van der Waals surface area contributed by atoms with Gasteiger partial charge in [-0.25, -0.2) is 15.0 Å². The van der Waals surface area contributed by atoms with Crippen LogP contribution in [0.15, 0.2) is 61.1 Å². The van der Waals surface area contributed by atoms with Crippen LogP contribution in [0.1, 0.15) is 19.4 Å². The molecule has 6 nitrogen and oxygen atoms in total. The molecule has 0 aliphatic heterocycles. The zero-order valence-corrected chi connectivity index (χ0v) is 16.8. The summed E-state index contributed by atoms with van der Waals surface area (Å²) in [5.74, 6) is 0.251. The van der Waals surface area contributed by atoms with Gasteiger partial charge in [0.15, 0.2) is 11.6 Å². The number of hydrogen-bond acceptors (Lipinski definition) is 6. The number of pyridine rings is 1. The van der Waals surface area contributed by atoms with E-state index in [0.29, 0.717) is 17.1 Å². The fourth-order valence-corrected chi connectivity index (χ4v) is 2.91. The van der Waals surface area contributed by atoms with Crippen molar-refractivity contribution >= 4 is 28.1 Å². The Morgan fingerprint density at radius 3 is 2.32 bits per heavy atom. The summed E-state index contributed by atoms with van der Waals surface area (Å²) >= 11 is 0. The SMILES string of the molecule is CC.Nc1nccc2cc(Nc3ncnc(-c4ccc(C(F)(F)F)cc4)c3O)ccc12. The molecule has 4 rings (SSSR count). The second-order valence-electron chi connectivity index (χ2n) is 6.25. The first-order valence-electron chi connectivity index (χ1n) is 9.46. The van der Waals surface area contributed by atoms with E-state index in [1.54, 1.807) is 24.4 Å². The van der Waals surface area contributed by atoms with Crippen LogP contribution in [0.5, 0.6) is 5.75 Å². The second kappa shape index (κ2) is 8.86. The van der Waals surface area contributed by atoms with Gasteiger partial charge in [0, 0.05) is 22.8 Å². The monoisotopic (exact) mass is 427 g/mol. The number of rotatable bonds is 3. The van der Waals surface area contributed by atoms with Crippen LogP contribution in [0, 0.1) is 0 Å². The molecule has 0 radical (unpaired) electrons. The molecular formula is C22H20F3N5O. The molecule has 4 N–H and O–H groups in total. The lowest BCUT2D eigenvalue weighted by Gasteiger charge is -2.12. The summed E-state index contributed by atoms with van der Waals surface area (Å²) in [6.07, 6.45) is -1.63. The van der Waals surface area contributed by atoms with E-state index in [1.807, 2.05) is 19.9 Å². The first kappa shape index (κ1) is 21.8. The maximum Gasteiger partial charge on any atom is 0.416 e. The van der Waals surface area contributed by atoms with E-state index >= 15 is 0 Å². The molecule has 2 aromatic heterocycles. The van der Waals surface area contributed by atoms with Crippen molar-refractivity contribution in [2.24, 2.45) is 0 Å². The lowest BCUT2D eigenvalue weighted by atomic mass is 10.1. The molecule has 160 valence electrons. The van der Waals surface area contributed by atoms with Gasteiger partial charge in [-0.05, 0) is 41.8 Å². The number of alkyl halides is 3. The molecular weight excluding hydrogens is 407 g/mol. The zero-order valence-electron chi connectivity index (χ0n) is 16.8. The molecule has 0 spiro atoms. The number of nitrogens with two attached hydrogens (primary N) is 1. The number of nitrogens with zero attached hydrogens (tertiary/aromatic N) is 3. The van der Waals surface area contributed by atoms with Crippen LogP contribution in [0.25, 0.3) is 22.0 Å². The van der Waals surface area contributed by atoms with Crippen LogP contribution in [0.2, 0.25) is 0 Å².